The van der Waals surface area contributed by atoms with Crippen LogP contribution >= 0.6 is 0 Å². The summed E-state index contributed by atoms with van der Waals surface area (Å²) in [5.74, 6) is -2.96. The van der Waals surface area contributed by atoms with E-state index in [2.05, 4.69) is 10.6 Å². The second-order valence-corrected chi connectivity index (χ2v) is 7.36. The van der Waals surface area contributed by atoms with E-state index < -0.39 is 35.9 Å². The van der Waals surface area contributed by atoms with Gasteiger partial charge >= 0.3 is 0 Å². The lowest BCUT2D eigenvalue weighted by Gasteiger charge is -2.22. The summed E-state index contributed by atoms with van der Waals surface area (Å²) in [6, 6.07) is 18.0. The summed E-state index contributed by atoms with van der Waals surface area (Å²) in [5, 5.41) is 5.08. The Morgan fingerprint density at radius 2 is 1.53 bits per heavy atom. The molecule has 0 aliphatic rings. The largest absolute Gasteiger partial charge is 0.497 e. The van der Waals surface area contributed by atoms with E-state index in [1.54, 1.807) is 54.6 Å². The third kappa shape index (κ3) is 7.13. The smallest absolute Gasteiger partial charge is 0.254 e. The van der Waals surface area contributed by atoms with Crippen LogP contribution in [0.2, 0.25) is 0 Å². The van der Waals surface area contributed by atoms with Crippen molar-refractivity contribution >= 4 is 23.4 Å². The molecule has 0 fully saturated rings. The summed E-state index contributed by atoms with van der Waals surface area (Å²) >= 11 is 0. The minimum Gasteiger partial charge on any atom is -0.497 e. The molecule has 0 radical (unpaired) electrons. The van der Waals surface area contributed by atoms with Gasteiger partial charge in [0.25, 0.3) is 5.91 Å². The van der Waals surface area contributed by atoms with Crippen molar-refractivity contribution in [3.05, 3.63) is 95.6 Å². The number of halogens is 2. The van der Waals surface area contributed by atoms with Gasteiger partial charge in [0.2, 0.25) is 11.8 Å². The van der Waals surface area contributed by atoms with Crippen LogP contribution in [0, 0.1) is 11.6 Å². The highest BCUT2D eigenvalue weighted by molar-refractivity contribution is 5.98. The highest BCUT2D eigenvalue weighted by Gasteiger charge is 2.21. The Balaban J connectivity index is 1.64. The van der Waals surface area contributed by atoms with Crippen LogP contribution in [0.15, 0.2) is 72.8 Å². The summed E-state index contributed by atoms with van der Waals surface area (Å²) in [5.41, 5.74) is 1.02. The van der Waals surface area contributed by atoms with E-state index in [1.807, 2.05) is 0 Å². The summed E-state index contributed by atoms with van der Waals surface area (Å²) in [6.45, 7) is -0.711. The molecule has 0 unspecified atom stereocenters. The number of rotatable bonds is 9. The Morgan fingerprint density at radius 3 is 2.15 bits per heavy atom. The molecule has 0 saturated heterocycles. The maximum absolute atomic E-state index is 13.6. The van der Waals surface area contributed by atoms with Crippen molar-refractivity contribution in [1.82, 2.24) is 10.2 Å². The van der Waals surface area contributed by atoms with E-state index in [0.717, 1.165) is 22.6 Å². The van der Waals surface area contributed by atoms with Crippen molar-refractivity contribution in [2.24, 2.45) is 0 Å². The quantitative estimate of drug-likeness (QED) is 0.505. The zero-order chi connectivity index (χ0) is 24.5. The van der Waals surface area contributed by atoms with E-state index >= 15 is 0 Å². The molecule has 0 saturated carbocycles. The van der Waals surface area contributed by atoms with E-state index in [-0.39, 0.29) is 18.7 Å². The molecule has 0 aliphatic carbocycles. The molecule has 0 heterocycles. The van der Waals surface area contributed by atoms with Crippen LogP contribution in [-0.4, -0.2) is 42.8 Å². The van der Waals surface area contributed by atoms with E-state index in [4.69, 9.17) is 4.74 Å². The van der Waals surface area contributed by atoms with Crippen LogP contribution < -0.4 is 15.4 Å². The number of hydrogen-bond donors (Lipinski definition) is 2. The molecule has 34 heavy (non-hydrogen) atoms. The first-order valence-electron chi connectivity index (χ1n) is 10.3. The Morgan fingerprint density at radius 1 is 0.882 bits per heavy atom. The van der Waals surface area contributed by atoms with Gasteiger partial charge in [0.15, 0.2) is 0 Å². The lowest BCUT2D eigenvalue weighted by Crippen LogP contribution is -2.42. The van der Waals surface area contributed by atoms with Gasteiger partial charge < -0.3 is 20.3 Å². The fraction of sp³-hybridized carbons (Fsp3) is 0.160. The van der Waals surface area contributed by atoms with Gasteiger partial charge in [-0.1, -0.05) is 30.3 Å². The van der Waals surface area contributed by atoms with Crippen LogP contribution in [0.5, 0.6) is 5.75 Å². The van der Waals surface area contributed by atoms with E-state index in [9.17, 15) is 23.2 Å². The first-order valence-corrected chi connectivity index (χ1v) is 10.3. The molecule has 2 N–H and O–H groups in total. The molecule has 0 bridgehead atoms. The first kappa shape index (κ1) is 24.4. The average molecular weight is 467 g/mol. The summed E-state index contributed by atoms with van der Waals surface area (Å²) in [6.07, 6.45) is 0. The van der Waals surface area contributed by atoms with Crippen molar-refractivity contribution < 1.29 is 27.9 Å². The topological polar surface area (TPSA) is 87.7 Å². The third-order valence-corrected chi connectivity index (χ3v) is 4.77. The number of hydrogen-bond acceptors (Lipinski definition) is 4. The number of nitrogens with one attached hydrogen (secondary N) is 2. The summed E-state index contributed by atoms with van der Waals surface area (Å²) in [4.78, 5) is 38.8. The molecule has 7 nitrogen and oxygen atoms in total. The molecule has 0 aromatic heterocycles. The molecule has 3 rings (SSSR count). The van der Waals surface area contributed by atoms with Crippen LogP contribution in [0.4, 0.5) is 14.5 Å². The zero-order valence-electron chi connectivity index (χ0n) is 18.4. The lowest BCUT2D eigenvalue weighted by molar-refractivity contribution is -0.124. The van der Waals surface area contributed by atoms with Gasteiger partial charge in [-0.2, -0.15) is 0 Å². The maximum Gasteiger partial charge on any atom is 0.254 e. The number of methoxy groups -OCH3 is 1. The number of carbonyl (C=O) groups is 3. The van der Waals surface area contributed by atoms with Crippen LogP contribution in [0.3, 0.4) is 0 Å². The molecule has 176 valence electrons. The fourth-order valence-electron chi connectivity index (χ4n) is 3.15. The van der Waals surface area contributed by atoms with Crippen molar-refractivity contribution in [3.8, 4) is 5.75 Å². The Bertz CT molecular complexity index is 1130. The normalized spacial score (nSPS) is 10.3. The van der Waals surface area contributed by atoms with Crippen molar-refractivity contribution in [2.45, 2.75) is 6.54 Å². The van der Waals surface area contributed by atoms with E-state index in [1.165, 1.54) is 7.11 Å². The number of nitrogens with zero attached hydrogens (tertiary/aromatic N) is 1. The third-order valence-electron chi connectivity index (χ3n) is 4.77. The van der Waals surface area contributed by atoms with Gasteiger partial charge in [-0.05, 0) is 42.0 Å². The van der Waals surface area contributed by atoms with Crippen LogP contribution in [0.1, 0.15) is 15.9 Å². The monoisotopic (exact) mass is 467 g/mol. The van der Waals surface area contributed by atoms with Crippen molar-refractivity contribution in [2.75, 3.05) is 25.5 Å². The number of benzene rings is 3. The molecule has 3 amide bonds. The van der Waals surface area contributed by atoms with Gasteiger partial charge in [0.1, 0.15) is 23.9 Å². The number of anilines is 1. The van der Waals surface area contributed by atoms with Gasteiger partial charge in [-0.25, -0.2) is 8.78 Å². The standard InChI is InChI=1S/C25H23F2N3O4/c1-34-22-9-7-21(8-10-22)29-23(31)14-28-24(32)16-30(15-17-5-3-2-4-6-17)25(33)18-11-19(26)13-20(27)12-18/h2-13H,14-16H2,1H3,(H,28,32)(H,29,31). The van der Waals surface area contributed by atoms with Crippen molar-refractivity contribution in [3.63, 3.8) is 0 Å². The predicted octanol–water partition coefficient (Wildman–Crippen LogP) is 3.37. The van der Waals surface area contributed by atoms with Gasteiger partial charge in [-0.15, -0.1) is 0 Å². The highest BCUT2D eigenvalue weighted by atomic mass is 19.1. The van der Waals surface area contributed by atoms with Crippen LogP contribution in [-0.2, 0) is 16.1 Å². The number of carbonyl (C=O) groups excluding carboxylic acids is 3. The van der Waals surface area contributed by atoms with Crippen molar-refractivity contribution in [1.29, 1.82) is 0 Å². The van der Waals surface area contributed by atoms with Crippen LogP contribution in [0.25, 0.3) is 0 Å². The number of ether oxygens (including phenoxy) is 1. The minimum absolute atomic E-state index is 0.0310. The first-order chi connectivity index (χ1) is 16.3. The Hall–Kier alpha value is -4.27. The average Bonchev–Trinajstić information content (AvgIpc) is 2.82. The van der Waals surface area contributed by atoms with Gasteiger partial charge in [0.05, 0.1) is 13.7 Å². The second kappa shape index (κ2) is 11.6. The Labute approximate surface area is 195 Å². The molecule has 0 spiro atoms. The summed E-state index contributed by atoms with van der Waals surface area (Å²) < 4.78 is 32.3. The number of amides is 3. The molecule has 3 aromatic rings. The van der Waals surface area contributed by atoms with Gasteiger partial charge in [0, 0.05) is 23.9 Å². The summed E-state index contributed by atoms with van der Waals surface area (Å²) in [7, 11) is 1.53. The lowest BCUT2D eigenvalue weighted by atomic mass is 10.1. The minimum atomic E-state index is -0.900. The molecular weight excluding hydrogens is 444 g/mol. The molecule has 3 aromatic carbocycles. The molecule has 0 aliphatic heterocycles. The highest BCUT2D eigenvalue weighted by Crippen LogP contribution is 2.15. The second-order valence-electron chi connectivity index (χ2n) is 7.36. The molecular formula is C25H23F2N3O4. The maximum atomic E-state index is 13.6. The molecule has 9 heteroatoms. The Kier molecular flexibility index (Phi) is 8.28. The molecule has 0 atom stereocenters. The van der Waals surface area contributed by atoms with E-state index in [0.29, 0.717) is 17.5 Å². The fourth-order valence-corrected chi connectivity index (χ4v) is 3.15. The SMILES string of the molecule is COc1ccc(NC(=O)CNC(=O)CN(Cc2ccccc2)C(=O)c2cc(F)cc(F)c2)cc1. The van der Waals surface area contributed by atoms with Gasteiger partial charge in [-0.3, -0.25) is 14.4 Å². The predicted molar refractivity (Wildman–Crippen MR) is 122 cm³/mol. The zero-order valence-corrected chi connectivity index (χ0v) is 18.4.